The van der Waals surface area contributed by atoms with Crippen molar-refractivity contribution in [2.24, 2.45) is 0 Å². The summed E-state index contributed by atoms with van der Waals surface area (Å²) in [5, 5.41) is 8.46. The first-order valence-electron chi connectivity index (χ1n) is 9.74. The van der Waals surface area contributed by atoms with Gasteiger partial charge in [-0.1, -0.05) is 47.7 Å². The van der Waals surface area contributed by atoms with E-state index in [0.29, 0.717) is 24.8 Å². The zero-order valence-corrected chi connectivity index (χ0v) is 15.6. The lowest BCUT2D eigenvalue weighted by atomic mass is 10.1. The fraction of sp³-hybridized carbons (Fsp3) is 0.318. The van der Waals surface area contributed by atoms with Crippen LogP contribution in [0, 0.1) is 0 Å². The molecule has 1 aliphatic heterocycles. The topological polar surface area (TPSA) is 60.2 Å². The molecule has 1 amide bonds. The maximum absolute atomic E-state index is 12.3. The maximum Gasteiger partial charge on any atom is 0.260 e. The van der Waals surface area contributed by atoms with Crippen molar-refractivity contribution >= 4 is 5.91 Å². The number of ether oxygens (including phenoxy) is 1. The Labute approximate surface area is 163 Å². The summed E-state index contributed by atoms with van der Waals surface area (Å²) in [6.07, 6.45) is 4.48. The maximum atomic E-state index is 12.3. The first-order valence-corrected chi connectivity index (χ1v) is 9.74. The average molecular weight is 374 g/mol. The van der Waals surface area contributed by atoms with Crippen molar-refractivity contribution in [1.29, 1.82) is 0 Å². The molecule has 0 unspecified atom stereocenters. The van der Waals surface area contributed by atoms with Crippen LogP contribution in [0.15, 0.2) is 60.8 Å². The highest BCUT2D eigenvalue weighted by atomic mass is 16.5. The van der Waals surface area contributed by atoms with Gasteiger partial charge >= 0.3 is 0 Å². The molecular weight excluding hydrogens is 352 g/mol. The first kappa shape index (κ1) is 17.0. The molecule has 1 saturated heterocycles. The molecule has 1 saturated carbocycles. The molecule has 0 N–H and O–H groups in total. The van der Waals surface area contributed by atoms with Crippen LogP contribution in [0.2, 0.25) is 0 Å². The fourth-order valence-corrected chi connectivity index (χ4v) is 3.47. The van der Waals surface area contributed by atoms with Gasteiger partial charge in [0, 0.05) is 25.2 Å². The molecule has 28 heavy (non-hydrogen) atoms. The molecule has 3 aromatic rings. The Morgan fingerprint density at radius 2 is 1.71 bits per heavy atom. The number of hydrogen-bond acceptors (Lipinski definition) is 4. The Kier molecular flexibility index (Phi) is 4.31. The van der Waals surface area contributed by atoms with Crippen LogP contribution in [0.5, 0.6) is 5.75 Å². The first-order chi connectivity index (χ1) is 13.8. The van der Waals surface area contributed by atoms with E-state index in [1.807, 2.05) is 58.2 Å². The van der Waals surface area contributed by atoms with Gasteiger partial charge in [-0.05, 0) is 36.1 Å². The van der Waals surface area contributed by atoms with Crippen molar-refractivity contribution in [3.05, 3.63) is 66.5 Å². The lowest BCUT2D eigenvalue weighted by Crippen LogP contribution is -2.52. The molecule has 2 fully saturated rings. The summed E-state index contributed by atoms with van der Waals surface area (Å²) in [5.41, 5.74) is 3.38. The lowest BCUT2D eigenvalue weighted by Gasteiger charge is -2.38. The van der Waals surface area contributed by atoms with E-state index in [2.05, 4.69) is 22.4 Å². The van der Waals surface area contributed by atoms with E-state index in [9.17, 15) is 4.79 Å². The Morgan fingerprint density at radius 1 is 1.00 bits per heavy atom. The summed E-state index contributed by atoms with van der Waals surface area (Å²) in [5.74, 6) is 1.31. The molecule has 5 rings (SSSR count). The van der Waals surface area contributed by atoms with Crippen LogP contribution in [-0.2, 0) is 4.79 Å². The predicted octanol–water partition coefficient (Wildman–Crippen LogP) is 3.28. The molecule has 0 spiro atoms. The summed E-state index contributed by atoms with van der Waals surface area (Å²) in [6.45, 7) is 1.40. The molecule has 2 aromatic carbocycles. The number of carbonyl (C=O) groups is 1. The molecule has 2 heterocycles. The van der Waals surface area contributed by atoms with E-state index in [4.69, 9.17) is 4.74 Å². The zero-order chi connectivity index (χ0) is 18.9. The van der Waals surface area contributed by atoms with Gasteiger partial charge in [-0.15, -0.1) is 5.10 Å². The summed E-state index contributed by atoms with van der Waals surface area (Å²) in [4.78, 5) is 14.2. The molecule has 1 aliphatic carbocycles. The predicted molar refractivity (Wildman–Crippen MR) is 105 cm³/mol. The van der Waals surface area contributed by atoms with Gasteiger partial charge in [0.1, 0.15) is 5.75 Å². The number of likely N-dealkylation sites (tertiary alicyclic amines) is 1. The number of nitrogens with zero attached hydrogens (tertiary/aromatic N) is 4. The van der Waals surface area contributed by atoms with Gasteiger partial charge in [0.05, 0.1) is 11.7 Å². The number of rotatable bonds is 6. The van der Waals surface area contributed by atoms with E-state index in [0.717, 1.165) is 16.8 Å². The van der Waals surface area contributed by atoms with Gasteiger partial charge in [0.15, 0.2) is 6.61 Å². The second-order valence-corrected chi connectivity index (χ2v) is 7.53. The van der Waals surface area contributed by atoms with E-state index in [1.165, 1.54) is 12.8 Å². The fourth-order valence-electron chi connectivity index (χ4n) is 3.47. The Balaban J connectivity index is 1.11. The molecule has 6 nitrogen and oxygen atoms in total. The van der Waals surface area contributed by atoms with Crippen LogP contribution in [0.1, 0.15) is 30.5 Å². The quantitative estimate of drug-likeness (QED) is 0.664. The third kappa shape index (κ3) is 3.50. The van der Waals surface area contributed by atoms with Crippen LogP contribution < -0.4 is 4.74 Å². The Bertz CT molecular complexity index is 958. The summed E-state index contributed by atoms with van der Waals surface area (Å²) in [7, 11) is 0. The van der Waals surface area contributed by atoms with Crippen LogP contribution >= 0.6 is 0 Å². The second-order valence-electron chi connectivity index (χ2n) is 7.53. The molecular formula is C22H22N4O2. The van der Waals surface area contributed by atoms with Crippen LogP contribution in [0.4, 0.5) is 0 Å². The SMILES string of the molecule is O=C(COc1ccc(-c2ccccc2)cc1)N1CC(n2cc(C3CC3)nn2)C1. The van der Waals surface area contributed by atoms with Gasteiger partial charge in [-0.3, -0.25) is 4.79 Å². The second kappa shape index (κ2) is 7.11. The van der Waals surface area contributed by atoms with E-state index < -0.39 is 0 Å². The lowest BCUT2D eigenvalue weighted by molar-refractivity contribution is -0.139. The normalized spacial score (nSPS) is 16.6. The minimum atomic E-state index is 0.00548. The monoisotopic (exact) mass is 374 g/mol. The number of carbonyl (C=O) groups excluding carboxylic acids is 1. The van der Waals surface area contributed by atoms with Crippen LogP contribution in [0.3, 0.4) is 0 Å². The van der Waals surface area contributed by atoms with E-state index in [1.54, 1.807) is 0 Å². The third-order valence-corrected chi connectivity index (χ3v) is 5.44. The number of aromatic nitrogens is 3. The van der Waals surface area contributed by atoms with Crippen molar-refractivity contribution < 1.29 is 9.53 Å². The van der Waals surface area contributed by atoms with Gasteiger partial charge < -0.3 is 9.64 Å². The van der Waals surface area contributed by atoms with Crippen LogP contribution in [-0.4, -0.2) is 45.5 Å². The van der Waals surface area contributed by atoms with E-state index >= 15 is 0 Å². The number of hydrogen-bond donors (Lipinski definition) is 0. The smallest absolute Gasteiger partial charge is 0.260 e. The van der Waals surface area contributed by atoms with Crippen molar-refractivity contribution in [2.75, 3.05) is 19.7 Å². The standard InChI is InChI=1S/C22H22N4O2/c27-22(25-12-19(13-25)26-14-21(23-24-26)18-6-7-18)15-28-20-10-8-17(9-11-20)16-4-2-1-3-5-16/h1-5,8-11,14,18-19H,6-7,12-13,15H2. The zero-order valence-electron chi connectivity index (χ0n) is 15.6. The molecule has 0 radical (unpaired) electrons. The van der Waals surface area contributed by atoms with Gasteiger partial charge in [-0.25, -0.2) is 4.68 Å². The van der Waals surface area contributed by atoms with Gasteiger partial charge in [0.2, 0.25) is 0 Å². The molecule has 0 bridgehead atoms. The van der Waals surface area contributed by atoms with Crippen molar-refractivity contribution in [2.45, 2.75) is 24.8 Å². The summed E-state index contributed by atoms with van der Waals surface area (Å²) < 4.78 is 7.58. The van der Waals surface area contributed by atoms with E-state index in [-0.39, 0.29) is 18.6 Å². The highest BCUT2D eigenvalue weighted by Gasteiger charge is 2.34. The Hall–Kier alpha value is -3.15. The largest absolute Gasteiger partial charge is 0.484 e. The van der Waals surface area contributed by atoms with Gasteiger partial charge in [-0.2, -0.15) is 0 Å². The minimum absolute atomic E-state index is 0.00548. The molecule has 0 atom stereocenters. The average Bonchev–Trinajstić information content (AvgIpc) is 3.45. The highest BCUT2D eigenvalue weighted by molar-refractivity contribution is 5.78. The number of benzene rings is 2. The van der Waals surface area contributed by atoms with Crippen molar-refractivity contribution in [3.8, 4) is 16.9 Å². The molecule has 1 aromatic heterocycles. The Morgan fingerprint density at radius 3 is 2.43 bits per heavy atom. The minimum Gasteiger partial charge on any atom is -0.484 e. The highest BCUT2D eigenvalue weighted by Crippen LogP contribution is 2.39. The summed E-state index contributed by atoms with van der Waals surface area (Å²) >= 11 is 0. The van der Waals surface area contributed by atoms with Crippen LogP contribution in [0.25, 0.3) is 11.1 Å². The molecule has 2 aliphatic rings. The molecule has 142 valence electrons. The third-order valence-electron chi connectivity index (χ3n) is 5.44. The van der Waals surface area contributed by atoms with Gasteiger partial charge in [0.25, 0.3) is 5.91 Å². The van der Waals surface area contributed by atoms with Crippen molar-refractivity contribution in [3.63, 3.8) is 0 Å². The molecule has 6 heteroatoms. The van der Waals surface area contributed by atoms with Crippen molar-refractivity contribution in [1.82, 2.24) is 19.9 Å². The summed E-state index contributed by atoms with van der Waals surface area (Å²) in [6, 6.07) is 18.2. The number of amides is 1.